The molecule has 3 rings (SSSR count). The summed E-state index contributed by atoms with van der Waals surface area (Å²) in [5, 5.41) is 0. The zero-order chi connectivity index (χ0) is 19.8. The van der Waals surface area contributed by atoms with E-state index in [1.165, 1.54) is 39.4 Å². The molecule has 0 unspecified atom stereocenters. The van der Waals surface area contributed by atoms with Gasteiger partial charge in [0.25, 0.3) is 5.56 Å². The van der Waals surface area contributed by atoms with Gasteiger partial charge in [0.15, 0.2) is 5.78 Å². The average molecular weight is 402 g/mol. The molecule has 0 saturated carbocycles. The van der Waals surface area contributed by atoms with Crippen molar-refractivity contribution < 1.29 is 9.18 Å². The number of thiazole rings is 1. The van der Waals surface area contributed by atoms with Crippen LogP contribution >= 0.6 is 22.7 Å². The molecule has 0 aliphatic carbocycles. The lowest BCUT2D eigenvalue weighted by Crippen LogP contribution is -2.29. The maximum atomic E-state index is 14.0. The van der Waals surface area contributed by atoms with E-state index in [9.17, 15) is 14.0 Å². The van der Waals surface area contributed by atoms with Gasteiger partial charge in [-0.1, -0.05) is 39.0 Å². The molecule has 3 aromatic rings. The van der Waals surface area contributed by atoms with Crippen LogP contribution in [0.4, 0.5) is 4.39 Å². The van der Waals surface area contributed by atoms with Crippen LogP contribution in [0.1, 0.15) is 25.6 Å². The largest absolute Gasteiger partial charge is 0.302 e. The number of halogens is 1. The normalized spacial score (nSPS) is 13.4. The predicted octanol–water partition coefficient (Wildman–Crippen LogP) is 3.54. The summed E-state index contributed by atoms with van der Waals surface area (Å²) in [6.45, 7) is 5.54. The number of carbonyl (C=O) groups is 1. The molecule has 0 spiro atoms. The highest BCUT2D eigenvalue weighted by Gasteiger charge is 2.19. The van der Waals surface area contributed by atoms with Gasteiger partial charge in [0.2, 0.25) is 0 Å². The van der Waals surface area contributed by atoms with E-state index in [0.717, 1.165) is 9.75 Å². The van der Waals surface area contributed by atoms with Gasteiger partial charge in [-0.05, 0) is 24.3 Å². The number of Topliss-reactive ketones (excluding diaryl/α,β-unsaturated/α-hetero) is 1. The van der Waals surface area contributed by atoms with E-state index in [1.54, 1.807) is 31.3 Å². The van der Waals surface area contributed by atoms with Crippen molar-refractivity contribution in [2.24, 2.45) is 12.5 Å². The summed E-state index contributed by atoms with van der Waals surface area (Å²) in [4.78, 5) is 26.4. The van der Waals surface area contributed by atoms with E-state index in [4.69, 9.17) is 0 Å². The van der Waals surface area contributed by atoms with Gasteiger partial charge in [-0.15, -0.1) is 22.7 Å². The Morgan fingerprint density at radius 2 is 1.81 bits per heavy atom. The van der Waals surface area contributed by atoms with Gasteiger partial charge >= 0.3 is 0 Å². The number of carbonyl (C=O) groups excluding carboxylic acids is 1. The fourth-order valence-electron chi connectivity index (χ4n) is 2.40. The third-order valence-electron chi connectivity index (χ3n) is 4.09. The van der Waals surface area contributed by atoms with Crippen molar-refractivity contribution >= 4 is 40.6 Å². The fraction of sp³-hybridized carbons (Fsp3) is 0.238. The van der Waals surface area contributed by atoms with Crippen LogP contribution in [0.5, 0.6) is 0 Å². The minimum atomic E-state index is -0.494. The lowest BCUT2D eigenvalue weighted by atomic mass is 9.91. The number of ketones is 1. The van der Waals surface area contributed by atoms with Crippen molar-refractivity contribution in [3.63, 3.8) is 0 Å². The lowest BCUT2D eigenvalue weighted by Gasteiger charge is -2.12. The lowest BCUT2D eigenvalue weighted by molar-refractivity contribution is -0.120. The molecule has 6 heteroatoms. The summed E-state index contributed by atoms with van der Waals surface area (Å²) in [7, 11) is 1.66. The fourth-order valence-corrected chi connectivity index (χ4v) is 4.48. The number of benzene rings is 1. The first-order valence-corrected chi connectivity index (χ1v) is 10.1. The topological polar surface area (TPSA) is 39.1 Å². The molecule has 1 aromatic carbocycles. The number of aromatic nitrogens is 1. The smallest absolute Gasteiger partial charge is 0.268 e. The highest BCUT2D eigenvalue weighted by molar-refractivity contribution is 7.16. The van der Waals surface area contributed by atoms with Crippen LogP contribution in [-0.2, 0) is 11.8 Å². The first-order chi connectivity index (χ1) is 12.7. The first kappa shape index (κ1) is 19.5. The molecule has 2 aromatic heterocycles. The zero-order valence-corrected chi connectivity index (χ0v) is 17.2. The first-order valence-electron chi connectivity index (χ1n) is 8.45. The summed E-state index contributed by atoms with van der Waals surface area (Å²) in [5.41, 5.74) is -0.0911. The second-order valence-corrected chi connectivity index (χ2v) is 9.43. The van der Waals surface area contributed by atoms with Crippen molar-refractivity contribution in [2.75, 3.05) is 0 Å². The molecule has 0 bridgehead atoms. The maximum absolute atomic E-state index is 14.0. The second kappa shape index (κ2) is 7.37. The summed E-state index contributed by atoms with van der Waals surface area (Å²) < 4.78 is 16.6. The molecule has 3 nitrogen and oxygen atoms in total. The quantitative estimate of drug-likeness (QED) is 0.673. The molecule has 0 N–H and O–H groups in total. The Kier molecular flexibility index (Phi) is 5.31. The number of hydrogen-bond acceptors (Lipinski definition) is 4. The minimum absolute atomic E-state index is 0.0242. The molecular formula is C21H20FNO2S2. The van der Waals surface area contributed by atoms with Crippen molar-refractivity contribution in [1.82, 2.24) is 4.57 Å². The molecule has 0 radical (unpaired) electrons. The van der Waals surface area contributed by atoms with Crippen LogP contribution in [0.15, 0.2) is 41.2 Å². The summed E-state index contributed by atoms with van der Waals surface area (Å²) >= 11 is 2.71. The third-order valence-corrected chi connectivity index (χ3v) is 6.27. The summed E-state index contributed by atoms with van der Waals surface area (Å²) in [5.74, 6) is -0.292. The van der Waals surface area contributed by atoms with Gasteiger partial charge in [-0.3, -0.25) is 9.59 Å². The van der Waals surface area contributed by atoms with Crippen LogP contribution in [0.3, 0.4) is 0 Å². The van der Waals surface area contributed by atoms with Gasteiger partial charge in [0, 0.05) is 33.9 Å². The van der Waals surface area contributed by atoms with E-state index < -0.39 is 5.41 Å². The van der Waals surface area contributed by atoms with Crippen LogP contribution in [-0.4, -0.2) is 10.4 Å². The highest BCUT2D eigenvalue weighted by atomic mass is 32.1. The Morgan fingerprint density at radius 1 is 1.11 bits per heavy atom. The maximum Gasteiger partial charge on any atom is 0.268 e. The molecule has 0 amide bonds. The average Bonchev–Trinajstić information content (AvgIpc) is 3.16. The van der Waals surface area contributed by atoms with E-state index in [-0.39, 0.29) is 17.2 Å². The van der Waals surface area contributed by atoms with Crippen molar-refractivity contribution in [2.45, 2.75) is 20.8 Å². The monoisotopic (exact) mass is 401 g/mol. The Balaban J connectivity index is 2.04. The Bertz CT molecular complexity index is 1180. The molecule has 0 aliphatic heterocycles. The van der Waals surface area contributed by atoms with Crippen molar-refractivity contribution in [3.8, 4) is 10.4 Å². The molecule has 140 valence electrons. The number of hydrogen-bond donors (Lipinski definition) is 0. The van der Waals surface area contributed by atoms with Crippen molar-refractivity contribution in [3.05, 3.63) is 66.6 Å². The van der Waals surface area contributed by atoms with Gasteiger partial charge in [-0.2, -0.15) is 0 Å². The van der Waals surface area contributed by atoms with Gasteiger partial charge in [-0.25, -0.2) is 4.39 Å². The second-order valence-electron chi connectivity index (χ2n) is 7.25. The molecule has 0 saturated heterocycles. The van der Waals surface area contributed by atoms with Crippen LogP contribution in [0, 0.1) is 11.2 Å². The van der Waals surface area contributed by atoms with E-state index in [2.05, 4.69) is 0 Å². The molecule has 0 atom stereocenters. The number of rotatable bonds is 3. The van der Waals surface area contributed by atoms with Crippen LogP contribution < -0.4 is 14.8 Å². The Hall–Kier alpha value is -2.31. The third kappa shape index (κ3) is 4.17. The van der Waals surface area contributed by atoms with Gasteiger partial charge in [0.05, 0.1) is 4.53 Å². The Morgan fingerprint density at radius 3 is 2.48 bits per heavy atom. The van der Waals surface area contributed by atoms with Crippen LogP contribution in [0.25, 0.3) is 22.6 Å². The summed E-state index contributed by atoms with van der Waals surface area (Å²) in [6, 6.07) is 10.3. The van der Waals surface area contributed by atoms with E-state index in [0.29, 0.717) is 14.8 Å². The number of thiophene rings is 1. The molecular weight excluding hydrogens is 381 g/mol. The molecule has 0 fully saturated rings. The zero-order valence-electron chi connectivity index (χ0n) is 15.6. The SMILES string of the molecule is Cn1c(=CC(=O)C(C)(C)C)sc(=Cc2ccc(-c3ccccc3F)s2)c1=O. The minimum Gasteiger partial charge on any atom is -0.302 e. The van der Waals surface area contributed by atoms with E-state index in [1.807, 2.05) is 32.9 Å². The predicted molar refractivity (Wildman–Crippen MR) is 111 cm³/mol. The standard InChI is InChI=1S/C21H20FNO2S2/c1-21(2,3)18(24)12-19-23(4)20(25)17(27-19)11-13-9-10-16(26-13)14-7-5-6-8-15(14)22/h5-12H,1-4H3. The van der Waals surface area contributed by atoms with Crippen LogP contribution in [0.2, 0.25) is 0 Å². The van der Waals surface area contributed by atoms with Crippen molar-refractivity contribution in [1.29, 1.82) is 0 Å². The molecule has 2 heterocycles. The molecule has 0 aliphatic rings. The number of nitrogens with zero attached hydrogens (tertiary/aromatic N) is 1. The van der Waals surface area contributed by atoms with Gasteiger partial charge < -0.3 is 4.57 Å². The Labute approximate surface area is 164 Å². The van der Waals surface area contributed by atoms with E-state index >= 15 is 0 Å². The van der Waals surface area contributed by atoms with Gasteiger partial charge in [0.1, 0.15) is 10.5 Å². The summed E-state index contributed by atoms with van der Waals surface area (Å²) in [6.07, 6.45) is 3.32. The highest BCUT2D eigenvalue weighted by Crippen LogP contribution is 2.30. The molecule has 27 heavy (non-hydrogen) atoms.